The number of aryl methyl sites for hydroxylation is 1. The van der Waals surface area contributed by atoms with Crippen LogP contribution in [-0.4, -0.2) is 28.0 Å². The first-order valence-corrected chi connectivity index (χ1v) is 11.4. The Balaban J connectivity index is 1.29. The number of nitrogens with zero attached hydrogens (tertiary/aromatic N) is 2. The second-order valence-corrected chi connectivity index (χ2v) is 8.18. The zero-order chi connectivity index (χ0) is 24.9. The average molecular weight is 481 g/mol. The maximum absolute atomic E-state index is 13.0. The number of hydrogen-bond donors (Lipinski definition) is 2. The Morgan fingerprint density at radius 3 is 2.56 bits per heavy atom. The van der Waals surface area contributed by atoms with Crippen LogP contribution < -0.4 is 15.4 Å². The second kappa shape index (κ2) is 10.2. The van der Waals surface area contributed by atoms with E-state index in [1.807, 2.05) is 66.2 Å². The van der Waals surface area contributed by atoms with Crippen molar-refractivity contribution < 1.29 is 18.7 Å². The third kappa shape index (κ3) is 4.97. The molecule has 0 fully saturated rings. The Hall–Kier alpha value is -4.85. The highest BCUT2D eigenvalue weighted by Gasteiger charge is 2.23. The molecule has 1 atom stereocenters. The summed E-state index contributed by atoms with van der Waals surface area (Å²) in [7, 11) is 1.94. The summed E-state index contributed by atoms with van der Waals surface area (Å²) < 4.78 is 12.8. The van der Waals surface area contributed by atoms with E-state index < -0.39 is 6.04 Å². The van der Waals surface area contributed by atoms with Crippen molar-refractivity contribution in [2.45, 2.75) is 6.04 Å². The molecule has 2 aromatic heterocycles. The molecule has 8 heteroatoms. The van der Waals surface area contributed by atoms with Crippen LogP contribution in [0.15, 0.2) is 102 Å². The number of aromatic nitrogens is 2. The fraction of sp³-hybridized carbons (Fsp3) is 0.107. The number of rotatable bonds is 8. The molecule has 2 amide bonds. The number of benzene rings is 3. The summed E-state index contributed by atoms with van der Waals surface area (Å²) in [4.78, 5) is 30.0. The van der Waals surface area contributed by atoms with Crippen LogP contribution in [0.1, 0.15) is 28.0 Å². The van der Waals surface area contributed by atoms with Gasteiger partial charge in [0.1, 0.15) is 17.6 Å². The molecule has 5 aromatic rings. The Morgan fingerprint density at radius 2 is 1.78 bits per heavy atom. The molecule has 0 bridgehead atoms. The fourth-order valence-corrected chi connectivity index (χ4v) is 3.98. The number of para-hydroxylation sites is 2. The largest absolute Gasteiger partial charge is 0.484 e. The maximum atomic E-state index is 13.0. The number of carbonyl (C=O) groups is 2. The molecule has 2 heterocycles. The molecular formula is C28H24N4O4. The molecule has 180 valence electrons. The van der Waals surface area contributed by atoms with Crippen molar-refractivity contribution in [1.29, 1.82) is 0 Å². The van der Waals surface area contributed by atoms with Gasteiger partial charge in [0.2, 0.25) is 0 Å². The zero-order valence-corrected chi connectivity index (χ0v) is 19.5. The number of furan rings is 1. The van der Waals surface area contributed by atoms with Crippen LogP contribution in [0.2, 0.25) is 0 Å². The van der Waals surface area contributed by atoms with Crippen molar-refractivity contribution in [3.05, 3.63) is 114 Å². The van der Waals surface area contributed by atoms with Crippen LogP contribution in [-0.2, 0) is 11.8 Å². The van der Waals surface area contributed by atoms with Crippen LogP contribution >= 0.6 is 0 Å². The summed E-state index contributed by atoms with van der Waals surface area (Å²) in [5, 5.41) is 5.80. The molecule has 0 aliphatic carbocycles. The SMILES string of the molecule is Cn1c(C(NC(=O)COc2cccc(NC(=O)c3ccco3)c2)c2ccccc2)nc2ccccc21. The third-order valence-corrected chi connectivity index (χ3v) is 5.72. The van der Waals surface area contributed by atoms with Gasteiger partial charge in [0.05, 0.1) is 17.3 Å². The Morgan fingerprint density at radius 1 is 0.972 bits per heavy atom. The molecule has 8 nitrogen and oxygen atoms in total. The van der Waals surface area contributed by atoms with Gasteiger partial charge in [-0.05, 0) is 42.0 Å². The van der Waals surface area contributed by atoms with Crippen molar-refractivity contribution in [2.75, 3.05) is 11.9 Å². The minimum atomic E-state index is -0.460. The lowest BCUT2D eigenvalue weighted by Crippen LogP contribution is -2.34. The van der Waals surface area contributed by atoms with E-state index >= 15 is 0 Å². The highest BCUT2D eigenvalue weighted by Crippen LogP contribution is 2.25. The molecule has 2 N–H and O–H groups in total. The first-order chi connectivity index (χ1) is 17.6. The zero-order valence-electron chi connectivity index (χ0n) is 19.5. The Kier molecular flexibility index (Phi) is 6.48. The van der Waals surface area contributed by atoms with E-state index in [-0.39, 0.29) is 24.2 Å². The minimum absolute atomic E-state index is 0.203. The van der Waals surface area contributed by atoms with Crippen LogP contribution in [0.4, 0.5) is 5.69 Å². The summed E-state index contributed by atoms with van der Waals surface area (Å²) in [6.07, 6.45) is 1.43. The molecule has 0 aliphatic rings. The summed E-state index contributed by atoms with van der Waals surface area (Å²) >= 11 is 0. The molecule has 0 saturated carbocycles. The number of nitrogens with one attached hydrogen (secondary N) is 2. The molecule has 0 spiro atoms. The highest BCUT2D eigenvalue weighted by atomic mass is 16.5. The van der Waals surface area contributed by atoms with E-state index in [4.69, 9.17) is 14.1 Å². The van der Waals surface area contributed by atoms with Crippen LogP contribution in [0.5, 0.6) is 5.75 Å². The lowest BCUT2D eigenvalue weighted by atomic mass is 10.1. The summed E-state index contributed by atoms with van der Waals surface area (Å²) in [5.41, 5.74) is 3.27. The third-order valence-electron chi connectivity index (χ3n) is 5.72. The standard InChI is InChI=1S/C28H24N4O4/c1-32-23-14-6-5-13-22(23)30-27(32)26(19-9-3-2-4-10-19)31-25(33)18-36-21-12-7-11-20(17-21)29-28(34)24-15-8-16-35-24/h2-17,26H,18H2,1H3,(H,29,34)(H,31,33). The van der Waals surface area contributed by atoms with Crippen molar-refractivity contribution >= 4 is 28.5 Å². The fourth-order valence-electron chi connectivity index (χ4n) is 3.98. The molecule has 0 radical (unpaired) electrons. The molecule has 0 saturated heterocycles. The molecule has 1 unspecified atom stereocenters. The van der Waals surface area contributed by atoms with Gasteiger partial charge < -0.3 is 24.4 Å². The predicted molar refractivity (Wildman–Crippen MR) is 136 cm³/mol. The minimum Gasteiger partial charge on any atom is -0.484 e. The van der Waals surface area contributed by atoms with Crippen molar-refractivity contribution in [3.63, 3.8) is 0 Å². The van der Waals surface area contributed by atoms with Gasteiger partial charge >= 0.3 is 0 Å². The first kappa shape index (κ1) is 22.9. The maximum Gasteiger partial charge on any atom is 0.291 e. The average Bonchev–Trinajstić information content (AvgIpc) is 3.56. The van der Waals surface area contributed by atoms with E-state index in [1.54, 1.807) is 36.4 Å². The summed E-state index contributed by atoms with van der Waals surface area (Å²) in [6.45, 7) is -0.205. The van der Waals surface area contributed by atoms with E-state index in [0.717, 1.165) is 22.4 Å². The van der Waals surface area contributed by atoms with Crippen molar-refractivity contribution in [1.82, 2.24) is 14.9 Å². The number of imidazole rings is 1. The second-order valence-electron chi connectivity index (χ2n) is 8.18. The van der Waals surface area contributed by atoms with E-state index in [2.05, 4.69) is 10.6 Å². The first-order valence-electron chi connectivity index (χ1n) is 11.4. The van der Waals surface area contributed by atoms with Gasteiger partial charge in [-0.1, -0.05) is 48.5 Å². The molecular weight excluding hydrogens is 456 g/mol. The number of anilines is 1. The number of ether oxygens (including phenoxy) is 1. The molecule has 3 aromatic carbocycles. The van der Waals surface area contributed by atoms with Gasteiger partial charge in [-0.25, -0.2) is 4.98 Å². The smallest absolute Gasteiger partial charge is 0.291 e. The van der Waals surface area contributed by atoms with Gasteiger partial charge in [-0.2, -0.15) is 0 Å². The monoisotopic (exact) mass is 480 g/mol. The van der Waals surface area contributed by atoms with Gasteiger partial charge in [0.15, 0.2) is 12.4 Å². The lowest BCUT2D eigenvalue weighted by molar-refractivity contribution is -0.123. The van der Waals surface area contributed by atoms with Crippen LogP contribution in [0.25, 0.3) is 11.0 Å². The normalized spacial score (nSPS) is 11.7. The number of amides is 2. The van der Waals surface area contributed by atoms with E-state index in [1.165, 1.54) is 6.26 Å². The number of fused-ring (bicyclic) bond motifs is 1. The van der Waals surface area contributed by atoms with Gasteiger partial charge in [0.25, 0.3) is 11.8 Å². The Bertz CT molecular complexity index is 1490. The van der Waals surface area contributed by atoms with Crippen LogP contribution in [0.3, 0.4) is 0 Å². The number of hydrogen-bond acceptors (Lipinski definition) is 5. The molecule has 0 aliphatic heterocycles. The summed E-state index contributed by atoms with van der Waals surface area (Å²) in [6, 6.07) is 27.1. The van der Waals surface area contributed by atoms with Gasteiger partial charge in [-0.3, -0.25) is 9.59 Å². The van der Waals surface area contributed by atoms with Crippen molar-refractivity contribution in [3.8, 4) is 5.75 Å². The van der Waals surface area contributed by atoms with Crippen molar-refractivity contribution in [2.24, 2.45) is 7.05 Å². The van der Waals surface area contributed by atoms with Crippen LogP contribution in [0, 0.1) is 0 Å². The topological polar surface area (TPSA) is 98.4 Å². The van der Waals surface area contributed by atoms with Gasteiger partial charge in [-0.15, -0.1) is 0 Å². The lowest BCUT2D eigenvalue weighted by Gasteiger charge is -2.19. The quantitative estimate of drug-likeness (QED) is 0.335. The summed E-state index contributed by atoms with van der Waals surface area (Å²) in [5.74, 6) is 0.693. The van der Waals surface area contributed by atoms with E-state index in [0.29, 0.717) is 11.4 Å². The van der Waals surface area contributed by atoms with E-state index in [9.17, 15) is 9.59 Å². The molecule has 36 heavy (non-hydrogen) atoms. The Labute approximate surface area is 207 Å². The molecule has 5 rings (SSSR count). The highest BCUT2D eigenvalue weighted by molar-refractivity contribution is 6.02. The predicted octanol–water partition coefficient (Wildman–Crippen LogP) is 4.70. The number of carbonyl (C=O) groups excluding carboxylic acids is 2. The van der Waals surface area contributed by atoms with Gasteiger partial charge in [0, 0.05) is 18.8 Å².